The number of aromatic nitrogens is 1. The summed E-state index contributed by atoms with van der Waals surface area (Å²) in [4.78, 5) is 20.6. The molecular weight excluding hydrogens is 464 g/mol. The van der Waals surface area contributed by atoms with Crippen molar-refractivity contribution in [3.05, 3.63) is 112 Å². The molecule has 1 fully saturated rings. The Hall–Kier alpha value is -3.79. The third-order valence-corrected chi connectivity index (χ3v) is 7.80. The lowest BCUT2D eigenvalue weighted by atomic mass is 9.71. The van der Waals surface area contributed by atoms with Crippen LogP contribution in [0.3, 0.4) is 0 Å². The number of carbonyl (C=O) groups excluding carboxylic acids is 1. The molecule has 0 atom stereocenters. The number of pyridine rings is 1. The standard InChI is InChI=1S/C30H28N4OS/c31-19-23-4-6-25(7-5-23)26-8-10-27(11-9-26)30(29(35)33-20-28-3-1-2-15-32-28)13-16-34(17-14-30)21-24-12-18-36-22-24/h1-12,15,18,22H,13-14,16-17,20-21H2,(H,33,35). The number of piperidine rings is 1. The lowest BCUT2D eigenvalue weighted by molar-refractivity contribution is -0.129. The predicted octanol–water partition coefficient (Wildman–Crippen LogP) is 5.53. The summed E-state index contributed by atoms with van der Waals surface area (Å²) >= 11 is 1.72. The van der Waals surface area contributed by atoms with Gasteiger partial charge in [0.2, 0.25) is 5.91 Å². The number of nitriles is 1. The third-order valence-electron chi connectivity index (χ3n) is 7.07. The van der Waals surface area contributed by atoms with Crippen molar-refractivity contribution in [1.29, 1.82) is 5.26 Å². The minimum atomic E-state index is -0.580. The molecule has 1 saturated heterocycles. The smallest absolute Gasteiger partial charge is 0.231 e. The molecule has 180 valence electrons. The van der Waals surface area contributed by atoms with Crippen molar-refractivity contribution in [2.24, 2.45) is 0 Å². The van der Waals surface area contributed by atoms with Crippen LogP contribution in [0.1, 0.15) is 35.2 Å². The first-order valence-electron chi connectivity index (χ1n) is 12.2. The van der Waals surface area contributed by atoms with E-state index in [4.69, 9.17) is 5.26 Å². The number of amides is 1. The highest BCUT2D eigenvalue weighted by molar-refractivity contribution is 7.07. The predicted molar refractivity (Wildman–Crippen MR) is 143 cm³/mol. The van der Waals surface area contributed by atoms with E-state index in [0.717, 1.165) is 54.9 Å². The van der Waals surface area contributed by atoms with Crippen molar-refractivity contribution in [2.75, 3.05) is 13.1 Å². The van der Waals surface area contributed by atoms with E-state index in [9.17, 15) is 4.79 Å². The zero-order valence-corrected chi connectivity index (χ0v) is 20.9. The van der Waals surface area contributed by atoms with Gasteiger partial charge in [0.1, 0.15) is 0 Å². The summed E-state index contributed by atoms with van der Waals surface area (Å²) in [5, 5.41) is 16.6. The number of nitrogens with one attached hydrogen (secondary N) is 1. The fraction of sp³-hybridized carbons (Fsp3) is 0.233. The zero-order chi connectivity index (χ0) is 24.8. The Labute approximate surface area is 216 Å². The van der Waals surface area contributed by atoms with Crippen molar-refractivity contribution >= 4 is 17.2 Å². The van der Waals surface area contributed by atoms with Crippen LogP contribution in [-0.4, -0.2) is 28.9 Å². The van der Waals surface area contributed by atoms with Crippen molar-refractivity contribution in [3.8, 4) is 17.2 Å². The van der Waals surface area contributed by atoms with Gasteiger partial charge in [-0.1, -0.05) is 42.5 Å². The van der Waals surface area contributed by atoms with Gasteiger partial charge in [0, 0.05) is 12.7 Å². The quantitative estimate of drug-likeness (QED) is 0.368. The van der Waals surface area contributed by atoms with Gasteiger partial charge in [0.05, 0.1) is 29.3 Å². The Morgan fingerprint density at radius 2 is 1.72 bits per heavy atom. The van der Waals surface area contributed by atoms with Crippen LogP contribution in [-0.2, 0) is 23.3 Å². The molecule has 0 unspecified atom stereocenters. The monoisotopic (exact) mass is 492 g/mol. The van der Waals surface area contributed by atoms with Crippen molar-refractivity contribution in [1.82, 2.24) is 15.2 Å². The Balaban J connectivity index is 1.37. The molecule has 2 aromatic heterocycles. The molecule has 1 aliphatic rings. The van der Waals surface area contributed by atoms with Crippen LogP contribution in [0.4, 0.5) is 0 Å². The number of thiophene rings is 1. The van der Waals surface area contributed by atoms with Crippen LogP contribution in [0.5, 0.6) is 0 Å². The highest BCUT2D eigenvalue weighted by Gasteiger charge is 2.42. The first-order valence-corrected chi connectivity index (χ1v) is 13.1. The lowest BCUT2D eigenvalue weighted by Gasteiger charge is -2.41. The van der Waals surface area contributed by atoms with E-state index in [1.807, 2.05) is 42.5 Å². The van der Waals surface area contributed by atoms with Crippen LogP contribution in [0.2, 0.25) is 0 Å². The third kappa shape index (κ3) is 5.23. The molecule has 4 aromatic rings. The maximum atomic E-state index is 13.8. The summed E-state index contributed by atoms with van der Waals surface area (Å²) in [6.45, 7) is 3.07. The molecule has 1 N–H and O–H groups in total. The summed E-state index contributed by atoms with van der Waals surface area (Å²) in [6.07, 6.45) is 3.28. The second-order valence-electron chi connectivity index (χ2n) is 9.26. The SMILES string of the molecule is N#Cc1ccc(-c2ccc(C3(C(=O)NCc4ccccn4)CCN(Cc4ccsc4)CC3)cc2)cc1. The zero-order valence-electron chi connectivity index (χ0n) is 20.1. The molecule has 0 bridgehead atoms. The Kier molecular flexibility index (Phi) is 7.22. The first kappa shape index (κ1) is 23.9. The van der Waals surface area contributed by atoms with Gasteiger partial charge in [-0.2, -0.15) is 16.6 Å². The van der Waals surface area contributed by atoms with Crippen molar-refractivity contribution < 1.29 is 4.79 Å². The molecule has 6 heteroatoms. The number of carbonyl (C=O) groups is 1. The highest BCUT2D eigenvalue weighted by atomic mass is 32.1. The summed E-state index contributed by atoms with van der Waals surface area (Å²) < 4.78 is 0. The molecule has 36 heavy (non-hydrogen) atoms. The van der Waals surface area contributed by atoms with Crippen LogP contribution < -0.4 is 5.32 Å². The summed E-state index contributed by atoms with van der Waals surface area (Å²) in [6, 6.07) is 26.1. The van der Waals surface area contributed by atoms with Crippen LogP contribution in [0, 0.1) is 11.3 Å². The minimum absolute atomic E-state index is 0.0643. The van der Waals surface area contributed by atoms with Gasteiger partial charge in [0.15, 0.2) is 0 Å². The second kappa shape index (κ2) is 10.9. The van der Waals surface area contributed by atoms with Gasteiger partial charge >= 0.3 is 0 Å². The average Bonchev–Trinajstić information content (AvgIpc) is 3.46. The first-order chi connectivity index (χ1) is 17.7. The number of rotatable bonds is 7. The normalized spacial score (nSPS) is 15.2. The van der Waals surface area contributed by atoms with Crippen LogP contribution in [0.25, 0.3) is 11.1 Å². The lowest BCUT2D eigenvalue weighted by Crippen LogP contribution is -2.51. The van der Waals surface area contributed by atoms with E-state index in [2.05, 4.69) is 62.4 Å². The maximum absolute atomic E-state index is 13.8. The van der Waals surface area contributed by atoms with Crippen molar-refractivity contribution in [2.45, 2.75) is 31.3 Å². The number of likely N-dealkylation sites (tertiary alicyclic amines) is 1. The number of benzene rings is 2. The van der Waals surface area contributed by atoms with Crippen LogP contribution in [0.15, 0.2) is 89.8 Å². The van der Waals surface area contributed by atoms with E-state index in [1.165, 1.54) is 5.56 Å². The fourth-order valence-electron chi connectivity index (χ4n) is 4.94. The van der Waals surface area contributed by atoms with Crippen LogP contribution >= 0.6 is 11.3 Å². The largest absolute Gasteiger partial charge is 0.350 e. The fourth-order valence-corrected chi connectivity index (χ4v) is 5.60. The molecule has 0 radical (unpaired) electrons. The topological polar surface area (TPSA) is 69.0 Å². The molecular formula is C30H28N4OS. The molecule has 3 heterocycles. The van der Waals surface area contributed by atoms with Gasteiger partial charge in [-0.3, -0.25) is 14.7 Å². The summed E-state index contributed by atoms with van der Waals surface area (Å²) in [5.41, 5.74) is 5.43. The van der Waals surface area contributed by atoms with Gasteiger partial charge < -0.3 is 5.32 Å². The van der Waals surface area contributed by atoms with E-state index >= 15 is 0 Å². The van der Waals surface area contributed by atoms with Gasteiger partial charge in [0.25, 0.3) is 0 Å². The summed E-state index contributed by atoms with van der Waals surface area (Å²) in [5.74, 6) is 0.0643. The molecule has 1 amide bonds. The molecule has 0 saturated carbocycles. The number of hydrogen-bond acceptors (Lipinski definition) is 5. The molecule has 2 aromatic carbocycles. The van der Waals surface area contributed by atoms with E-state index in [1.54, 1.807) is 17.5 Å². The molecule has 5 rings (SSSR count). The van der Waals surface area contributed by atoms with Gasteiger partial charge in [-0.25, -0.2) is 0 Å². The van der Waals surface area contributed by atoms with E-state index < -0.39 is 5.41 Å². The Bertz CT molecular complexity index is 1320. The number of hydrogen-bond donors (Lipinski definition) is 1. The van der Waals surface area contributed by atoms with Crippen molar-refractivity contribution in [3.63, 3.8) is 0 Å². The highest BCUT2D eigenvalue weighted by Crippen LogP contribution is 2.37. The second-order valence-corrected chi connectivity index (χ2v) is 10.0. The molecule has 0 spiro atoms. The molecule has 0 aliphatic carbocycles. The van der Waals surface area contributed by atoms with E-state index in [-0.39, 0.29) is 5.91 Å². The molecule has 1 aliphatic heterocycles. The number of nitrogens with zero attached hydrogens (tertiary/aromatic N) is 3. The van der Waals surface area contributed by atoms with Gasteiger partial charge in [-0.15, -0.1) is 0 Å². The van der Waals surface area contributed by atoms with E-state index in [0.29, 0.717) is 12.1 Å². The summed E-state index contributed by atoms with van der Waals surface area (Å²) in [7, 11) is 0. The Morgan fingerprint density at radius 1 is 1.00 bits per heavy atom. The van der Waals surface area contributed by atoms with Gasteiger partial charge in [-0.05, 0) is 89.3 Å². The average molecular weight is 493 g/mol. The molecule has 5 nitrogen and oxygen atoms in total. The minimum Gasteiger partial charge on any atom is -0.350 e. The Morgan fingerprint density at radius 3 is 2.33 bits per heavy atom. The maximum Gasteiger partial charge on any atom is 0.231 e.